The normalized spacial score (nSPS) is 10.3. The van der Waals surface area contributed by atoms with Gasteiger partial charge in [-0.05, 0) is 20.8 Å². The summed E-state index contributed by atoms with van der Waals surface area (Å²) in [5.41, 5.74) is 0.0417. The molecule has 0 rings (SSSR count). The molecule has 0 heterocycles. The summed E-state index contributed by atoms with van der Waals surface area (Å²) in [7, 11) is 1.71. The van der Waals surface area contributed by atoms with Gasteiger partial charge in [0.15, 0.2) is 0 Å². The Morgan fingerprint density at radius 1 is 1.39 bits per heavy atom. The van der Waals surface area contributed by atoms with Crippen LogP contribution in [0.2, 0.25) is 0 Å². The molecule has 0 fully saturated rings. The van der Waals surface area contributed by atoms with Crippen molar-refractivity contribution in [2.24, 2.45) is 0 Å². The average Bonchev–Trinajstić information content (AvgIpc) is 2.17. The van der Waals surface area contributed by atoms with E-state index in [1.165, 1.54) is 0 Å². The van der Waals surface area contributed by atoms with Crippen molar-refractivity contribution in [2.75, 3.05) is 13.7 Å². The van der Waals surface area contributed by atoms with Crippen LogP contribution in [0.5, 0.6) is 0 Å². The molecule has 0 spiro atoms. The van der Waals surface area contributed by atoms with Crippen LogP contribution in [0.25, 0.3) is 0 Å². The molecule has 0 saturated heterocycles. The number of methoxy groups -OCH3 is 1. The van der Waals surface area contributed by atoms with Gasteiger partial charge in [-0.1, -0.05) is 0 Å². The molecule has 0 bridgehead atoms. The zero-order chi connectivity index (χ0) is 12.3. The van der Waals surface area contributed by atoms with Crippen LogP contribution >= 0.6 is 0 Å². The number of hydrogen-bond acceptors (Lipinski definition) is 4. The van der Waals surface area contributed by atoms with E-state index in [9.17, 15) is 4.79 Å². The maximum Gasteiger partial charge on any atom is 0.207 e. The van der Waals surface area contributed by atoms with Gasteiger partial charge in [0.05, 0.1) is 12.2 Å². The van der Waals surface area contributed by atoms with E-state index in [1.807, 2.05) is 20.8 Å². The Kier molecular flexibility index (Phi) is 38.3. The molecule has 8 heteroatoms. The number of aliphatic hydroxyl groups excluding tert-OH is 2. The fraction of sp³-hybridized carbons (Fsp3) is 0.800. The predicted octanol–water partition coefficient (Wildman–Crippen LogP) is 0.441. The number of nitrogens with one attached hydrogen (secondary N) is 1. The molecular weight excluding hydrogens is 712 g/mol. The van der Waals surface area contributed by atoms with Crippen molar-refractivity contribution in [1.29, 1.82) is 0 Å². The molecule has 3 N–H and O–H groups in total. The van der Waals surface area contributed by atoms with Crippen LogP contribution in [0.1, 0.15) is 27.2 Å². The van der Waals surface area contributed by atoms with E-state index in [0.29, 0.717) is 6.41 Å². The van der Waals surface area contributed by atoms with Gasteiger partial charge in [-0.2, -0.15) is 0 Å². The van der Waals surface area contributed by atoms with E-state index in [-0.39, 0.29) is 107 Å². The third kappa shape index (κ3) is 30.9. The molecule has 0 aromatic heterocycles. The predicted molar refractivity (Wildman–Crippen MR) is 57.7 cm³/mol. The average molecular weight is 734 g/mol. The van der Waals surface area contributed by atoms with E-state index in [4.69, 9.17) is 14.9 Å². The van der Waals surface area contributed by atoms with Crippen LogP contribution in [0, 0.1) is 6.61 Å². The second-order valence-electron chi connectivity index (χ2n) is 3.90. The molecule has 5 nitrogen and oxygen atoms in total. The Hall–Kier alpha value is 2.14. The molecule has 0 saturated carbocycles. The van der Waals surface area contributed by atoms with Crippen LogP contribution in [-0.2, 0) is 92.2 Å². The van der Waals surface area contributed by atoms with Crippen LogP contribution in [0.4, 0.5) is 0 Å². The molecule has 0 aromatic carbocycles. The smallest absolute Gasteiger partial charge is 0.207 e. The Morgan fingerprint density at radius 2 is 1.78 bits per heavy atom. The minimum Gasteiger partial charge on any atom is -0.566 e. The molecule has 98 valence electrons. The monoisotopic (exact) mass is 738 g/mol. The summed E-state index contributed by atoms with van der Waals surface area (Å²) >= 11 is 0. The number of ether oxygens (including phenoxy) is 1. The molecule has 0 aliphatic rings. The van der Waals surface area contributed by atoms with Gasteiger partial charge in [-0.3, -0.25) is 4.79 Å². The van der Waals surface area contributed by atoms with E-state index >= 15 is 0 Å². The molecule has 0 aliphatic heterocycles. The molecule has 1 unspecified atom stereocenters. The van der Waals surface area contributed by atoms with Gasteiger partial charge in [0, 0.05) is 95.8 Å². The number of hydrogen-bond donors (Lipinski definition) is 3. The minimum absolute atomic E-state index is 0. The maximum atomic E-state index is 9.73. The minimum atomic E-state index is -0.354. The van der Waals surface area contributed by atoms with E-state index in [0.717, 1.165) is 6.61 Å². The Labute approximate surface area is 171 Å². The van der Waals surface area contributed by atoms with Crippen LogP contribution < -0.4 is 5.32 Å². The number of carbonyl (C=O) groups excluding carboxylic acids is 1. The largest absolute Gasteiger partial charge is 0.566 e. The topological polar surface area (TPSA) is 78.8 Å². The van der Waals surface area contributed by atoms with E-state index < -0.39 is 0 Å². The third-order valence-electron chi connectivity index (χ3n) is 1.53. The first-order valence-corrected chi connectivity index (χ1v) is 4.72. The fourth-order valence-corrected chi connectivity index (χ4v) is 0.419. The van der Waals surface area contributed by atoms with Crippen molar-refractivity contribution in [3.8, 4) is 0 Å². The van der Waals surface area contributed by atoms with Gasteiger partial charge in [-0.15, -0.1) is 6.42 Å². The van der Waals surface area contributed by atoms with Gasteiger partial charge in [0.2, 0.25) is 6.41 Å². The summed E-state index contributed by atoms with van der Waals surface area (Å²) in [5, 5.41) is 18.9. The molecule has 1 amide bonds. The number of carbonyl (C=O) groups is 1. The van der Waals surface area contributed by atoms with Crippen molar-refractivity contribution in [3.63, 3.8) is 0 Å². The molecule has 18 heavy (non-hydrogen) atoms. The fourth-order valence-electron chi connectivity index (χ4n) is 0.419. The van der Waals surface area contributed by atoms with Crippen molar-refractivity contribution in [1.82, 2.24) is 5.32 Å². The maximum absolute atomic E-state index is 9.73. The SMILES string of the molecule is COC(C)(C)C.O=CNC(CO)C[CH-]O.[Cd].[Hg].[Hg]. The summed E-state index contributed by atoms with van der Waals surface area (Å²) in [6.07, 6.45) is 0.764. The van der Waals surface area contributed by atoms with Crippen molar-refractivity contribution >= 4 is 6.41 Å². The molecule has 0 aromatic rings. The summed E-state index contributed by atoms with van der Waals surface area (Å²) in [6, 6.07) is -0.354. The Balaban J connectivity index is -0.0000000566. The molecule has 0 aliphatic carbocycles. The van der Waals surface area contributed by atoms with Gasteiger partial charge in [0.25, 0.3) is 0 Å². The molecule has 1 atom stereocenters. The van der Waals surface area contributed by atoms with Crippen LogP contribution in [0.3, 0.4) is 0 Å². The Morgan fingerprint density at radius 3 is 1.94 bits per heavy atom. The zero-order valence-corrected chi connectivity index (χ0v) is 27.0. The second kappa shape index (κ2) is 21.4. The van der Waals surface area contributed by atoms with E-state index in [2.05, 4.69) is 5.32 Å². The van der Waals surface area contributed by atoms with Gasteiger partial charge >= 0.3 is 0 Å². The Bertz CT molecular complexity index is 159. The van der Waals surface area contributed by atoms with Crippen LogP contribution in [0.15, 0.2) is 0 Å². The van der Waals surface area contributed by atoms with Crippen molar-refractivity contribution < 1.29 is 102 Å². The summed E-state index contributed by atoms with van der Waals surface area (Å²) in [4.78, 5) is 9.73. The molecular formula is C10H22CdHg2NO4-. The van der Waals surface area contributed by atoms with Crippen LogP contribution in [-0.4, -0.2) is 42.0 Å². The summed E-state index contributed by atoms with van der Waals surface area (Å²) in [5.74, 6) is 0. The summed E-state index contributed by atoms with van der Waals surface area (Å²) < 4.78 is 4.94. The van der Waals surface area contributed by atoms with Gasteiger partial charge < -0.3 is 20.3 Å². The van der Waals surface area contributed by atoms with E-state index in [1.54, 1.807) is 7.11 Å². The van der Waals surface area contributed by atoms with Gasteiger partial charge in [0.1, 0.15) is 0 Å². The number of amides is 1. The van der Waals surface area contributed by atoms with Crippen molar-refractivity contribution in [3.05, 3.63) is 6.61 Å². The third-order valence-corrected chi connectivity index (χ3v) is 1.53. The second-order valence-corrected chi connectivity index (χ2v) is 3.90. The quantitative estimate of drug-likeness (QED) is 0.218. The zero-order valence-electron chi connectivity index (χ0n) is 12.0. The number of aliphatic hydroxyl groups is 2. The first-order chi connectivity index (χ1) is 6.91. The first-order valence-electron chi connectivity index (χ1n) is 4.72. The molecule has 0 radical (unpaired) electrons. The summed E-state index contributed by atoms with van der Waals surface area (Å²) in [6.45, 7) is 6.81. The van der Waals surface area contributed by atoms with Gasteiger partial charge in [-0.25, -0.2) is 6.61 Å². The van der Waals surface area contributed by atoms with Crippen molar-refractivity contribution in [2.45, 2.75) is 38.8 Å². The first kappa shape index (κ1) is 32.2. The number of rotatable bonds is 5. The standard InChI is InChI=1S/C5H10NO3.C5H12O.Cd.2Hg/c7-2-1-5(3-8)6-4-9;1-5(2,3)6-4;;;/h2,4-5,7-8H,1,3H2,(H,6,9);1-4H3;;;/q-1;;;;.